The number of alkyl halides is 41. The molecule has 0 aliphatic heterocycles. The van der Waals surface area contributed by atoms with Crippen molar-refractivity contribution < 1.29 is 180 Å². The van der Waals surface area contributed by atoms with E-state index in [1.165, 1.54) is 0 Å². The number of halogens is 41. The summed E-state index contributed by atoms with van der Waals surface area (Å²) >= 11 is 0. The minimum Gasteiger partial charge on any atom is -0.234 e. The fourth-order valence-electron chi connectivity index (χ4n) is 7.59. The molecule has 0 aromatic rings. The molecule has 0 nitrogen and oxygen atoms in total. The fraction of sp³-hybridized carbons (Fsp3) is 1.00. The van der Waals surface area contributed by atoms with Crippen LogP contribution in [0.4, 0.5) is 180 Å². The second-order valence-electron chi connectivity index (χ2n) is 14.2. The molecule has 41 heteroatoms. The molecule has 0 amide bonds. The van der Waals surface area contributed by atoms with Crippen molar-refractivity contribution in [2.45, 2.75) is 141 Å². The van der Waals surface area contributed by atoms with Crippen molar-refractivity contribution in [1.82, 2.24) is 0 Å². The molecular weight excluding hydrogens is 1070 g/mol. The summed E-state index contributed by atoms with van der Waals surface area (Å²) < 4.78 is 567. The van der Waals surface area contributed by atoms with Gasteiger partial charge in [0.1, 0.15) is 0 Å². The van der Waals surface area contributed by atoms with Crippen LogP contribution in [0.5, 0.6) is 0 Å². The Labute approximate surface area is 322 Å². The standard InChI is InChI=1S/C14F24.C10HF17/c15-1-2(16)4(18,10(29,30)14(37,38)12(33,34)6(2,21)22)8(25,26)7(23,24)3(1,17)9(27,28)13(35,36)11(31,32)5(1,19)20;11-1-2(12,13)4(16)5(17,6(18,19)3(1,14)15)8(22,23)10(26,27)9(24,25)7(4,20)21/h;1H. The molecule has 65 heavy (non-hydrogen) atoms. The highest BCUT2D eigenvalue weighted by molar-refractivity contribution is 5.52. The second-order valence-corrected chi connectivity index (χ2v) is 14.2. The number of fused-ring (bicyclic) bond motifs is 4. The van der Waals surface area contributed by atoms with E-state index < -0.39 is 141 Å². The Morgan fingerprint density at radius 1 is 0.138 bits per heavy atom. The van der Waals surface area contributed by atoms with Crippen molar-refractivity contribution in [3.63, 3.8) is 0 Å². The first-order valence-electron chi connectivity index (χ1n) is 14.6. The molecule has 0 heterocycles. The van der Waals surface area contributed by atoms with Gasteiger partial charge in [-0.25, -0.2) is 30.7 Å². The van der Waals surface area contributed by atoms with Crippen LogP contribution in [0, 0.1) is 0 Å². The van der Waals surface area contributed by atoms with Crippen LogP contribution < -0.4 is 0 Å². The molecule has 5 aliphatic carbocycles. The van der Waals surface area contributed by atoms with E-state index in [9.17, 15) is 171 Å². The molecule has 0 aromatic heterocycles. The molecule has 7 unspecified atom stereocenters. The molecule has 0 radical (unpaired) electrons. The van der Waals surface area contributed by atoms with E-state index in [0.29, 0.717) is 0 Å². The maximum Gasteiger partial charge on any atom is 0.382 e. The topological polar surface area (TPSA) is 0 Å². The van der Waals surface area contributed by atoms with Crippen molar-refractivity contribution in [1.29, 1.82) is 0 Å². The normalized spacial score (nSPS) is 46.4. The van der Waals surface area contributed by atoms with Crippen LogP contribution in [0.2, 0.25) is 0 Å². The van der Waals surface area contributed by atoms with Crippen molar-refractivity contribution in [2.75, 3.05) is 0 Å². The summed E-state index contributed by atoms with van der Waals surface area (Å²) in [4.78, 5) is 0. The molecule has 5 fully saturated rings. The molecule has 5 saturated carbocycles. The molecule has 0 bridgehead atoms. The molecular formula is C24HF41. The smallest absolute Gasteiger partial charge is 0.234 e. The number of hydrogen-bond donors (Lipinski definition) is 0. The lowest BCUT2D eigenvalue weighted by Crippen LogP contribution is -3.06. The third-order valence-electron chi connectivity index (χ3n) is 11.3. The predicted molar refractivity (Wildman–Crippen MR) is 112 cm³/mol. The van der Waals surface area contributed by atoms with E-state index in [1.54, 1.807) is 0 Å². The molecule has 7 atom stereocenters. The van der Waals surface area contributed by atoms with Gasteiger partial charge >= 0.3 is 101 Å². The van der Waals surface area contributed by atoms with Crippen LogP contribution in [-0.2, 0) is 0 Å². The first kappa shape index (κ1) is 54.7. The van der Waals surface area contributed by atoms with Crippen molar-refractivity contribution in [3.8, 4) is 0 Å². The van der Waals surface area contributed by atoms with E-state index in [-0.39, 0.29) is 0 Å². The third kappa shape index (κ3) is 3.90. The van der Waals surface area contributed by atoms with E-state index >= 15 is 8.78 Å². The van der Waals surface area contributed by atoms with Gasteiger partial charge in [-0.1, -0.05) is 0 Å². The van der Waals surface area contributed by atoms with Crippen LogP contribution in [-0.4, -0.2) is 141 Å². The highest BCUT2D eigenvalue weighted by Gasteiger charge is 3.21. The Kier molecular flexibility index (Phi) is 9.75. The zero-order chi connectivity index (χ0) is 53.1. The van der Waals surface area contributed by atoms with Crippen LogP contribution in [0.15, 0.2) is 0 Å². The maximum absolute atomic E-state index is 15.3. The van der Waals surface area contributed by atoms with Gasteiger partial charge in [0, 0.05) is 0 Å². The van der Waals surface area contributed by atoms with Crippen LogP contribution in [0.1, 0.15) is 0 Å². The first-order valence-corrected chi connectivity index (χ1v) is 14.6. The molecule has 384 valence electrons. The van der Waals surface area contributed by atoms with Gasteiger partial charge in [0.05, 0.1) is 0 Å². The Balaban J connectivity index is 0.000000302. The molecule has 5 aliphatic rings. The van der Waals surface area contributed by atoms with Crippen molar-refractivity contribution in [3.05, 3.63) is 0 Å². The number of rotatable bonds is 0. The SMILES string of the molecule is FC1(F)C(F)(F)C(F)(F)C2(F)C(F)(C1(F)F)C(F)(F)C(F)(F)C1(F)C(F)(F)C(F)(F)C(F)(F)C(F)(F)C12F.FC1C(F)(F)C(F)(F)C2(F)C(F)(F)C(F)(F)C(F)(F)C(F)(F)C2(F)C1(F)F. The van der Waals surface area contributed by atoms with Crippen molar-refractivity contribution in [2.24, 2.45) is 0 Å². The first-order chi connectivity index (χ1) is 27.4. The summed E-state index contributed by atoms with van der Waals surface area (Å²) in [5, 5.41) is 0. The summed E-state index contributed by atoms with van der Waals surface area (Å²) in [6.45, 7) is 0. The van der Waals surface area contributed by atoms with Gasteiger partial charge in [-0.2, -0.15) is 149 Å². The summed E-state index contributed by atoms with van der Waals surface area (Å²) in [5.74, 6) is -147. The Morgan fingerprint density at radius 2 is 0.277 bits per heavy atom. The van der Waals surface area contributed by atoms with Crippen molar-refractivity contribution >= 4 is 0 Å². The minimum atomic E-state index is -9.77. The lowest BCUT2D eigenvalue weighted by Gasteiger charge is -2.70. The molecule has 0 spiro atoms. The largest absolute Gasteiger partial charge is 0.382 e. The quantitative estimate of drug-likeness (QED) is 0.212. The Bertz CT molecular complexity index is 1920. The van der Waals surface area contributed by atoms with E-state index in [1.807, 2.05) is 0 Å². The summed E-state index contributed by atoms with van der Waals surface area (Å²) in [7, 11) is 0. The Hall–Kier alpha value is -2.87. The van der Waals surface area contributed by atoms with E-state index in [0.717, 1.165) is 0 Å². The monoisotopic (exact) mass is 1070 g/mol. The molecule has 0 saturated heterocycles. The highest BCUT2D eigenvalue weighted by Crippen LogP contribution is 2.87. The molecule has 5 rings (SSSR count). The number of hydrogen-bond acceptors (Lipinski definition) is 0. The van der Waals surface area contributed by atoms with Crippen LogP contribution in [0.3, 0.4) is 0 Å². The highest BCUT2D eigenvalue weighted by atomic mass is 19.4. The van der Waals surface area contributed by atoms with Gasteiger partial charge in [0.15, 0.2) is 0 Å². The molecule has 0 N–H and O–H groups in total. The zero-order valence-electron chi connectivity index (χ0n) is 27.6. The van der Waals surface area contributed by atoms with Gasteiger partial charge in [0.25, 0.3) is 34.0 Å². The Morgan fingerprint density at radius 3 is 0.477 bits per heavy atom. The predicted octanol–water partition coefficient (Wildman–Crippen LogP) is 12.4. The van der Waals surface area contributed by atoms with E-state index in [2.05, 4.69) is 0 Å². The fourth-order valence-corrected chi connectivity index (χ4v) is 7.59. The second kappa shape index (κ2) is 11.6. The summed E-state index contributed by atoms with van der Waals surface area (Å²) in [5.41, 5.74) is -55.2. The third-order valence-corrected chi connectivity index (χ3v) is 11.3. The summed E-state index contributed by atoms with van der Waals surface area (Å²) in [6, 6.07) is 0. The van der Waals surface area contributed by atoms with Gasteiger partial charge in [-0.05, 0) is 0 Å². The average Bonchev–Trinajstić information content (AvgIpc) is 3.11. The lowest BCUT2D eigenvalue weighted by atomic mass is 9.43. The van der Waals surface area contributed by atoms with Gasteiger partial charge < -0.3 is 0 Å². The summed E-state index contributed by atoms with van der Waals surface area (Å²) in [6.07, 6.45) is -6.28. The molecule has 0 aromatic carbocycles. The van der Waals surface area contributed by atoms with Crippen LogP contribution >= 0.6 is 0 Å². The average molecular weight is 1070 g/mol. The zero-order valence-corrected chi connectivity index (χ0v) is 27.6. The minimum absolute atomic E-state index is 6.28. The van der Waals surface area contributed by atoms with E-state index in [4.69, 9.17) is 0 Å². The van der Waals surface area contributed by atoms with Crippen LogP contribution in [0.25, 0.3) is 0 Å². The van der Waals surface area contributed by atoms with Gasteiger partial charge in [-0.3, -0.25) is 0 Å². The lowest BCUT2D eigenvalue weighted by molar-refractivity contribution is -0.587. The van der Waals surface area contributed by atoms with Gasteiger partial charge in [-0.15, -0.1) is 0 Å². The van der Waals surface area contributed by atoms with Gasteiger partial charge in [0.2, 0.25) is 6.17 Å². The maximum atomic E-state index is 15.3.